The minimum atomic E-state index is -0.385. The van der Waals surface area contributed by atoms with E-state index in [0.717, 1.165) is 0 Å². The van der Waals surface area contributed by atoms with Gasteiger partial charge in [0.2, 0.25) is 0 Å². The molecule has 0 aliphatic carbocycles. The summed E-state index contributed by atoms with van der Waals surface area (Å²) in [5, 5.41) is 6.20. The van der Waals surface area contributed by atoms with Crippen LogP contribution in [-0.2, 0) is 0 Å². The number of rotatable bonds is 6. The first-order valence-corrected chi connectivity index (χ1v) is 6.83. The second-order valence-corrected chi connectivity index (χ2v) is 4.69. The molecule has 6 nitrogen and oxygen atoms in total. The average molecular weight is 319 g/mol. The standard InChI is InChI=1S/C15H15ClN4O2/c1-3-6-17-14-8-12(18-9-19-14)15(21)20-11-7-10(16)4-5-13(11)22-2/h3-5,7-9H,1,6H2,2H3,(H,20,21)(H,17,18,19). The van der Waals surface area contributed by atoms with Crippen LogP contribution in [0.4, 0.5) is 11.5 Å². The summed E-state index contributed by atoms with van der Waals surface area (Å²) < 4.78 is 5.18. The highest BCUT2D eigenvalue weighted by atomic mass is 35.5. The Hall–Kier alpha value is -2.60. The van der Waals surface area contributed by atoms with Gasteiger partial charge in [0.1, 0.15) is 23.6 Å². The number of anilines is 2. The fraction of sp³-hybridized carbons (Fsp3) is 0.133. The third kappa shape index (κ3) is 3.95. The molecule has 0 atom stereocenters. The minimum absolute atomic E-state index is 0.226. The molecule has 2 aromatic rings. The number of nitrogens with zero attached hydrogens (tertiary/aromatic N) is 2. The van der Waals surface area contributed by atoms with E-state index in [4.69, 9.17) is 16.3 Å². The summed E-state index contributed by atoms with van der Waals surface area (Å²) in [5.41, 5.74) is 0.697. The van der Waals surface area contributed by atoms with Crippen molar-refractivity contribution < 1.29 is 9.53 Å². The lowest BCUT2D eigenvalue weighted by Crippen LogP contribution is -2.15. The van der Waals surface area contributed by atoms with Crippen LogP contribution in [0.15, 0.2) is 43.2 Å². The Labute approximate surface area is 133 Å². The van der Waals surface area contributed by atoms with Gasteiger partial charge in [-0.1, -0.05) is 17.7 Å². The van der Waals surface area contributed by atoms with Crippen LogP contribution in [0.1, 0.15) is 10.5 Å². The number of halogens is 1. The molecule has 2 N–H and O–H groups in total. The Morgan fingerprint density at radius 2 is 2.23 bits per heavy atom. The van der Waals surface area contributed by atoms with Gasteiger partial charge in [0, 0.05) is 17.6 Å². The van der Waals surface area contributed by atoms with Crippen LogP contribution >= 0.6 is 11.6 Å². The fourth-order valence-corrected chi connectivity index (χ4v) is 1.89. The number of carbonyl (C=O) groups excluding carboxylic acids is 1. The van der Waals surface area contributed by atoms with Gasteiger partial charge in [-0.05, 0) is 18.2 Å². The van der Waals surface area contributed by atoms with E-state index in [-0.39, 0.29) is 11.6 Å². The predicted molar refractivity (Wildman–Crippen MR) is 86.7 cm³/mol. The maximum Gasteiger partial charge on any atom is 0.274 e. The first-order valence-electron chi connectivity index (χ1n) is 6.45. The molecule has 7 heteroatoms. The zero-order valence-electron chi connectivity index (χ0n) is 12.0. The first kappa shape index (κ1) is 15.8. The Morgan fingerprint density at radius 3 is 2.95 bits per heavy atom. The van der Waals surface area contributed by atoms with Gasteiger partial charge < -0.3 is 15.4 Å². The Morgan fingerprint density at radius 1 is 1.41 bits per heavy atom. The normalized spacial score (nSPS) is 9.91. The van der Waals surface area contributed by atoms with Gasteiger partial charge in [0.05, 0.1) is 12.8 Å². The summed E-state index contributed by atoms with van der Waals surface area (Å²) in [7, 11) is 1.51. The van der Waals surface area contributed by atoms with Crippen molar-refractivity contribution in [3.63, 3.8) is 0 Å². The van der Waals surface area contributed by atoms with E-state index >= 15 is 0 Å². The number of amides is 1. The molecule has 2 rings (SSSR count). The van der Waals surface area contributed by atoms with Crippen LogP contribution in [0.3, 0.4) is 0 Å². The average Bonchev–Trinajstić information content (AvgIpc) is 2.53. The molecule has 0 radical (unpaired) electrons. The van der Waals surface area contributed by atoms with Gasteiger partial charge >= 0.3 is 0 Å². The van der Waals surface area contributed by atoms with Gasteiger partial charge in [-0.25, -0.2) is 9.97 Å². The molecule has 0 unspecified atom stereocenters. The molecule has 1 aromatic carbocycles. The third-order valence-corrected chi connectivity index (χ3v) is 2.97. The minimum Gasteiger partial charge on any atom is -0.495 e. The number of ether oxygens (including phenoxy) is 1. The van der Waals surface area contributed by atoms with E-state index in [1.165, 1.54) is 13.4 Å². The smallest absolute Gasteiger partial charge is 0.274 e. The quantitative estimate of drug-likeness (QED) is 0.801. The number of aromatic nitrogens is 2. The second-order valence-electron chi connectivity index (χ2n) is 4.26. The SMILES string of the molecule is C=CCNc1cc(C(=O)Nc2cc(Cl)ccc2OC)ncn1. The molecule has 0 aliphatic rings. The number of benzene rings is 1. The van der Waals surface area contributed by atoms with Crippen molar-refractivity contribution in [2.45, 2.75) is 0 Å². The van der Waals surface area contributed by atoms with Gasteiger partial charge in [0.15, 0.2) is 0 Å². The van der Waals surface area contributed by atoms with E-state index < -0.39 is 0 Å². The number of hydrogen-bond donors (Lipinski definition) is 2. The molecular weight excluding hydrogens is 304 g/mol. The van der Waals surface area contributed by atoms with Crippen LogP contribution in [0, 0.1) is 0 Å². The number of hydrogen-bond acceptors (Lipinski definition) is 5. The molecule has 0 fully saturated rings. The lowest BCUT2D eigenvalue weighted by Gasteiger charge is -2.10. The van der Waals surface area contributed by atoms with Crippen molar-refractivity contribution >= 4 is 29.0 Å². The summed E-state index contributed by atoms with van der Waals surface area (Å²) in [5.74, 6) is 0.666. The predicted octanol–water partition coefficient (Wildman–Crippen LogP) is 2.99. The first-order chi connectivity index (χ1) is 10.6. The summed E-state index contributed by atoms with van der Waals surface area (Å²) in [4.78, 5) is 20.2. The zero-order chi connectivity index (χ0) is 15.9. The molecule has 1 heterocycles. The van der Waals surface area contributed by atoms with Crippen molar-refractivity contribution in [3.05, 3.63) is 54.0 Å². The lowest BCUT2D eigenvalue weighted by atomic mass is 10.2. The molecule has 0 bridgehead atoms. The molecule has 0 spiro atoms. The third-order valence-electron chi connectivity index (χ3n) is 2.74. The molecule has 0 saturated carbocycles. The van der Waals surface area contributed by atoms with Crippen molar-refractivity contribution in [1.82, 2.24) is 9.97 Å². The summed E-state index contributed by atoms with van der Waals surface area (Å²) in [6, 6.07) is 6.51. The van der Waals surface area contributed by atoms with Gasteiger partial charge in [-0.2, -0.15) is 0 Å². The maximum absolute atomic E-state index is 12.3. The molecule has 0 saturated heterocycles. The Bertz CT molecular complexity index is 691. The van der Waals surface area contributed by atoms with Gasteiger partial charge in [-0.15, -0.1) is 6.58 Å². The van der Waals surface area contributed by atoms with Crippen LogP contribution < -0.4 is 15.4 Å². The van der Waals surface area contributed by atoms with Crippen LogP contribution in [0.25, 0.3) is 0 Å². The highest BCUT2D eigenvalue weighted by Gasteiger charge is 2.12. The van der Waals surface area contributed by atoms with Crippen LogP contribution in [0.2, 0.25) is 5.02 Å². The highest BCUT2D eigenvalue weighted by Crippen LogP contribution is 2.28. The molecule has 0 aliphatic heterocycles. The molecule has 1 aromatic heterocycles. The van der Waals surface area contributed by atoms with Gasteiger partial charge in [-0.3, -0.25) is 4.79 Å². The zero-order valence-corrected chi connectivity index (χ0v) is 12.7. The van der Waals surface area contributed by atoms with Crippen molar-refractivity contribution in [1.29, 1.82) is 0 Å². The Kier molecular flexibility index (Phi) is 5.32. The number of methoxy groups -OCH3 is 1. The molecule has 1 amide bonds. The fourth-order valence-electron chi connectivity index (χ4n) is 1.72. The van der Waals surface area contributed by atoms with Crippen LogP contribution in [0.5, 0.6) is 5.75 Å². The summed E-state index contributed by atoms with van der Waals surface area (Å²) in [6.45, 7) is 4.15. The molecule has 114 valence electrons. The van der Waals surface area contributed by atoms with Crippen molar-refractivity contribution in [2.75, 3.05) is 24.3 Å². The second kappa shape index (κ2) is 7.42. The van der Waals surface area contributed by atoms with Gasteiger partial charge in [0.25, 0.3) is 5.91 Å². The summed E-state index contributed by atoms with van der Waals surface area (Å²) in [6.07, 6.45) is 3.01. The van der Waals surface area contributed by atoms with E-state index in [0.29, 0.717) is 28.8 Å². The largest absolute Gasteiger partial charge is 0.495 e. The van der Waals surface area contributed by atoms with E-state index in [2.05, 4.69) is 27.2 Å². The topological polar surface area (TPSA) is 76.1 Å². The number of nitrogens with one attached hydrogen (secondary N) is 2. The monoisotopic (exact) mass is 318 g/mol. The van der Waals surface area contributed by atoms with E-state index in [9.17, 15) is 4.79 Å². The number of carbonyl (C=O) groups is 1. The Balaban J connectivity index is 2.18. The summed E-state index contributed by atoms with van der Waals surface area (Å²) >= 11 is 5.93. The maximum atomic E-state index is 12.3. The lowest BCUT2D eigenvalue weighted by molar-refractivity contribution is 0.102. The van der Waals surface area contributed by atoms with Crippen LogP contribution in [-0.4, -0.2) is 29.5 Å². The van der Waals surface area contributed by atoms with E-state index in [1.807, 2.05) is 0 Å². The van der Waals surface area contributed by atoms with Crippen molar-refractivity contribution in [3.8, 4) is 5.75 Å². The molecular formula is C15H15ClN4O2. The highest BCUT2D eigenvalue weighted by molar-refractivity contribution is 6.31. The van der Waals surface area contributed by atoms with Crippen molar-refractivity contribution in [2.24, 2.45) is 0 Å². The van der Waals surface area contributed by atoms with E-state index in [1.54, 1.807) is 30.3 Å². The molecule has 22 heavy (non-hydrogen) atoms.